The molecular weight excluding hydrogens is 334 g/mol. The van der Waals surface area contributed by atoms with Gasteiger partial charge in [-0.25, -0.2) is 9.89 Å². The van der Waals surface area contributed by atoms with Crippen LogP contribution in [0.4, 0.5) is 0 Å². The van der Waals surface area contributed by atoms with Gasteiger partial charge in [-0.1, -0.05) is 5.16 Å². The van der Waals surface area contributed by atoms with Crippen molar-refractivity contribution in [2.45, 2.75) is 58.5 Å². The number of nitrogens with zero attached hydrogens (tertiary/aromatic N) is 4. The van der Waals surface area contributed by atoms with E-state index >= 15 is 0 Å². The molecule has 2 aromatic rings. The smallest absolute Gasteiger partial charge is 0.343 e. The van der Waals surface area contributed by atoms with Gasteiger partial charge in [-0.15, -0.1) is 0 Å². The molecule has 26 heavy (non-hydrogen) atoms. The summed E-state index contributed by atoms with van der Waals surface area (Å²) in [7, 11) is 0. The van der Waals surface area contributed by atoms with Crippen molar-refractivity contribution in [2.75, 3.05) is 6.54 Å². The molecule has 1 saturated carbocycles. The van der Waals surface area contributed by atoms with Gasteiger partial charge in [0.1, 0.15) is 5.76 Å². The van der Waals surface area contributed by atoms with E-state index in [-0.39, 0.29) is 17.6 Å². The van der Waals surface area contributed by atoms with Gasteiger partial charge in [-0.2, -0.15) is 5.10 Å². The largest absolute Gasteiger partial charge is 0.361 e. The number of aromatic amines is 1. The SMILES string of the molecule is CCn1c(C2C(C3CC3)CCN2C(=O)CCc2cc(C)no2)n[nH]c1=O. The Morgan fingerprint density at radius 1 is 1.38 bits per heavy atom. The summed E-state index contributed by atoms with van der Waals surface area (Å²) >= 11 is 0. The Morgan fingerprint density at radius 2 is 2.19 bits per heavy atom. The molecule has 0 aromatic carbocycles. The highest BCUT2D eigenvalue weighted by atomic mass is 16.5. The molecule has 0 radical (unpaired) electrons. The lowest BCUT2D eigenvalue weighted by molar-refractivity contribution is -0.132. The second kappa shape index (κ2) is 6.74. The van der Waals surface area contributed by atoms with E-state index < -0.39 is 0 Å². The topological polar surface area (TPSA) is 97.0 Å². The Balaban J connectivity index is 1.55. The summed E-state index contributed by atoms with van der Waals surface area (Å²) in [5.41, 5.74) is 0.622. The van der Waals surface area contributed by atoms with E-state index in [1.165, 1.54) is 12.8 Å². The standard InChI is InChI=1S/C18H25N5O3/c1-3-22-17(19-20-18(22)25)16-14(12-4-5-12)8-9-23(16)15(24)7-6-13-10-11(2)21-26-13/h10,12,14,16H,3-9H2,1-2H3,(H,20,25). The Bertz CT molecular complexity index is 847. The number of carbonyl (C=O) groups is 1. The Kier molecular flexibility index (Phi) is 4.42. The molecule has 1 amide bonds. The minimum atomic E-state index is -0.200. The van der Waals surface area contributed by atoms with E-state index in [0.717, 1.165) is 24.4 Å². The van der Waals surface area contributed by atoms with Crippen LogP contribution in [0.15, 0.2) is 15.4 Å². The lowest BCUT2D eigenvalue weighted by Gasteiger charge is -2.27. The second-order valence-corrected chi connectivity index (χ2v) is 7.39. The number of hydrogen-bond donors (Lipinski definition) is 1. The van der Waals surface area contributed by atoms with Crippen LogP contribution in [0.25, 0.3) is 0 Å². The van der Waals surface area contributed by atoms with Crippen molar-refractivity contribution in [3.63, 3.8) is 0 Å². The highest BCUT2D eigenvalue weighted by Crippen LogP contribution is 2.50. The molecule has 3 heterocycles. The summed E-state index contributed by atoms with van der Waals surface area (Å²) < 4.78 is 6.87. The van der Waals surface area contributed by atoms with Crippen molar-refractivity contribution in [1.29, 1.82) is 0 Å². The van der Waals surface area contributed by atoms with Crippen LogP contribution in [0, 0.1) is 18.8 Å². The van der Waals surface area contributed by atoms with Gasteiger partial charge in [0.05, 0.1) is 11.7 Å². The van der Waals surface area contributed by atoms with Gasteiger partial charge in [-0.05, 0) is 44.9 Å². The molecule has 1 N–H and O–H groups in total. The third kappa shape index (κ3) is 3.08. The highest BCUT2D eigenvalue weighted by Gasteiger charge is 2.47. The lowest BCUT2D eigenvalue weighted by Crippen LogP contribution is -2.35. The molecule has 140 valence electrons. The number of hydrogen-bond acceptors (Lipinski definition) is 5. The van der Waals surface area contributed by atoms with Crippen molar-refractivity contribution in [3.05, 3.63) is 33.8 Å². The van der Waals surface area contributed by atoms with Gasteiger partial charge in [0.2, 0.25) is 5.91 Å². The van der Waals surface area contributed by atoms with Crippen LogP contribution in [0.2, 0.25) is 0 Å². The van der Waals surface area contributed by atoms with Gasteiger partial charge in [-0.3, -0.25) is 9.36 Å². The maximum Gasteiger partial charge on any atom is 0.343 e. The molecule has 8 heteroatoms. The molecule has 4 rings (SSSR count). The predicted octanol–water partition coefficient (Wildman–Crippen LogP) is 1.82. The lowest BCUT2D eigenvalue weighted by atomic mass is 9.94. The molecule has 2 aliphatic rings. The zero-order valence-corrected chi connectivity index (χ0v) is 15.3. The third-order valence-corrected chi connectivity index (χ3v) is 5.62. The summed E-state index contributed by atoms with van der Waals surface area (Å²) in [6, 6.07) is 1.76. The van der Waals surface area contributed by atoms with Crippen LogP contribution in [0.3, 0.4) is 0 Å². The quantitative estimate of drug-likeness (QED) is 0.848. The number of likely N-dealkylation sites (tertiary alicyclic amines) is 1. The molecular formula is C18H25N5O3. The minimum absolute atomic E-state index is 0.0882. The molecule has 2 aromatic heterocycles. The number of rotatable bonds is 6. The predicted molar refractivity (Wildman–Crippen MR) is 93.4 cm³/mol. The van der Waals surface area contributed by atoms with E-state index in [1.807, 2.05) is 24.8 Å². The fourth-order valence-electron chi connectivity index (χ4n) is 4.21. The van der Waals surface area contributed by atoms with Gasteiger partial charge in [0, 0.05) is 32.0 Å². The first-order valence-corrected chi connectivity index (χ1v) is 9.45. The molecule has 8 nitrogen and oxygen atoms in total. The van der Waals surface area contributed by atoms with Gasteiger partial charge in [0.25, 0.3) is 0 Å². The molecule has 2 atom stereocenters. The zero-order chi connectivity index (χ0) is 18.3. The summed E-state index contributed by atoms with van der Waals surface area (Å²) in [6.07, 6.45) is 4.32. The van der Waals surface area contributed by atoms with Crippen molar-refractivity contribution >= 4 is 5.91 Å². The number of nitrogens with one attached hydrogen (secondary N) is 1. The summed E-state index contributed by atoms with van der Waals surface area (Å²) in [6.45, 7) is 5.08. The van der Waals surface area contributed by atoms with Gasteiger partial charge >= 0.3 is 5.69 Å². The van der Waals surface area contributed by atoms with Crippen LogP contribution >= 0.6 is 0 Å². The minimum Gasteiger partial charge on any atom is -0.361 e. The average Bonchev–Trinajstić information content (AvgIpc) is 3.07. The average molecular weight is 359 g/mol. The first-order chi connectivity index (χ1) is 12.6. The Morgan fingerprint density at radius 3 is 2.85 bits per heavy atom. The maximum atomic E-state index is 12.9. The van der Waals surface area contributed by atoms with E-state index in [0.29, 0.717) is 37.0 Å². The molecule has 0 bridgehead atoms. The van der Waals surface area contributed by atoms with Crippen LogP contribution in [-0.2, 0) is 17.8 Å². The first kappa shape index (κ1) is 17.1. The van der Waals surface area contributed by atoms with Crippen LogP contribution in [0.5, 0.6) is 0 Å². The maximum absolute atomic E-state index is 12.9. The fraction of sp³-hybridized carbons (Fsp3) is 0.667. The summed E-state index contributed by atoms with van der Waals surface area (Å²) in [5, 5.41) is 10.7. The van der Waals surface area contributed by atoms with Crippen molar-refractivity contribution < 1.29 is 9.32 Å². The highest BCUT2D eigenvalue weighted by molar-refractivity contribution is 5.77. The van der Waals surface area contributed by atoms with E-state index in [4.69, 9.17) is 4.52 Å². The Labute approximate surface area is 151 Å². The van der Waals surface area contributed by atoms with Crippen molar-refractivity contribution in [2.24, 2.45) is 11.8 Å². The molecule has 1 saturated heterocycles. The Hall–Kier alpha value is -2.38. The fourth-order valence-corrected chi connectivity index (χ4v) is 4.21. The first-order valence-electron chi connectivity index (χ1n) is 9.45. The third-order valence-electron chi connectivity index (χ3n) is 5.62. The van der Waals surface area contributed by atoms with Crippen molar-refractivity contribution in [3.8, 4) is 0 Å². The van der Waals surface area contributed by atoms with Gasteiger partial charge < -0.3 is 9.42 Å². The van der Waals surface area contributed by atoms with E-state index in [9.17, 15) is 9.59 Å². The van der Waals surface area contributed by atoms with Crippen LogP contribution in [0.1, 0.15) is 55.9 Å². The number of aryl methyl sites for hydroxylation is 2. The molecule has 2 unspecified atom stereocenters. The molecule has 0 spiro atoms. The number of H-pyrrole nitrogens is 1. The number of carbonyl (C=O) groups excluding carboxylic acids is 1. The van der Waals surface area contributed by atoms with E-state index in [2.05, 4.69) is 15.4 Å². The molecule has 1 aliphatic carbocycles. The zero-order valence-electron chi connectivity index (χ0n) is 15.3. The molecule has 2 fully saturated rings. The normalized spacial score (nSPS) is 22.9. The van der Waals surface area contributed by atoms with Gasteiger partial charge in [0.15, 0.2) is 5.82 Å². The van der Waals surface area contributed by atoms with Crippen LogP contribution < -0.4 is 5.69 Å². The summed E-state index contributed by atoms with van der Waals surface area (Å²) in [5.74, 6) is 2.57. The number of aromatic nitrogens is 4. The van der Waals surface area contributed by atoms with Crippen LogP contribution in [-0.4, -0.2) is 37.3 Å². The van der Waals surface area contributed by atoms with Crippen molar-refractivity contribution in [1.82, 2.24) is 24.8 Å². The summed E-state index contributed by atoms with van der Waals surface area (Å²) in [4.78, 5) is 26.9. The monoisotopic (exact) mass is 359 g/mol. The van der Waals surface area contributed by atoms with E-state index in [1.54, 1.807) is 4.57 Å². The molecule has 1 aliphatic heterocycles. The number of amides is 1. The second-order valence-electron chi connectivity index (χ2n) is 7.39.